The average molecular weight is 179 g/mol. The number of ether oxygens (including phenoxy) is 1. The fourth-order valence-electron chi connectivity index (χ4n) is 0.793. The van der Waals surface area contributed by atoms with Gasteiger partial charge < -0.3 is 4.74 Å². The van der Waals surface area contributed by atoms with E-state index in [4.69, 9.17) is 4.74 Å². The van der Waals surface area contributed by atoms with Crippen LogP contribution in [0.4, 0.5) is 5.69 Å². The number of anilines is 1. The zero-order chi connectivity index (χ0) is 9.52. The molecule has 1 aromatic carbocycles. The second-order valence-corrected chi connectivity index (χ2v) is 2.19. The molecule has 0 atom stereocenters. The van der Waals surface area contributed by atoms with Crippen molar-refractivity contribution in [3.05, 3.63) is 29.2 Å². The Bertz CT molecular complexity index is 295. The molecule has 0 heterocycles. The lowest BCUT2D eigenvalue weighted by molar-refractivity contribution is 0.415. The Morgan fingerprint density at radius 3 is 2.62 bits per heavy atom. The summed E-state index contributed by atoms with van der Waals surface area (Å²) in [5, 5.41) is 5.98. The SMILES string of the molecule is COc1ccc(N/N=C/N=O)cc1. The quantitative estimate of drug-likeness (QED) is 0.332. The molecule has 0 bridgehead atoms. The van der Waals surface area contributed by atoms with E-state index < -0.39 is 0 Å². The van der Waals surface area contributed by atoms with Gasteiger partial charge in [-0.2, -0.15) is 5.10 Å². The summed E-state index contributed by atoms with van der Waals surface area (Å²) in [4.78, 5) is 9.64. The monoisotopic (exact) mass is 179 g/mol. The van der Waals surface area contributed by atoms with Crippen LogP contribution in [-0.2, 0) is 0 Å². The van der Waals surface area contributed by atoms with Crippen molar-refractivity contribution >= 4 is 12.0 Å². The molecule has 0 aromatic heterocycles. The molecule has 0 saturated carbocycles. The normalized spacial score (nSPS) is 9.92. The number of nitrogens with zero attached hydrogens (tertiary/aromatic N) is 2. The number of hydrogen-bond acceptors (Lipinski definition) is 4. The standard InChI is InChI=1S/C8H9N3O2/c1-13-8-4-2-7(3-5-8)11-9-6-10-12/h2-6,11H,1H3/b9-6+. The molecule has 1 rings (SSSR count). The van der Waals surface area contributed by atoms with Gasteiger partial charge in [0, 0.05) is 0 Å². The summed E-state index contributed by atoms with van der Waals surface area (Å²) in [6, 6.07) is 7.13. The van der Waals surface area contributed by atoms with E-state index in [1.807, 2.05) is 0 Å². The Morgan fingerprint density at radius 1 is 1.38 bits per heavy atom. The maximum absolute atomic E-state index is 9.64. The molecule has 0 aliphatic rings. The topological polar surface area (TPSA) is 63.0 Å². The summed E-state index contributed by atoms with van der Waals surface area (Å²) in [6.07, 6.45) is 0.893. The van der Waals surface area contributed by atoms with Gasteiger partial charge in [-0.25, -0.2) is 0 Å². The van der Waals surface area contributed by atoms with Crippen molar-refractivity contribution < 1.29 is 4.74 Å². The third kappa shape index (κ3) is 2.90. The molecular formula is C8H9N3O2. The van der Waals surface area contributed by atoms with E-state index in [9.17, 15) is 4.91 Å². The Kier molecular flexibility index (Phi) is 3.44. The van der Waals surface area contributed by atoms with Crippen molar-refractivity contribution in [2.75, 3.05) is 12.5 Å². The molecule has 0 saturated heterocycles. The van der Waals surface area contributed by atoms with Gasteiger partial charge in [-0.1, -0.05) is 0 Å². The van der Waals surface area contributed by atoms with E-state index in [2.05, 4.69) is 15.7 Å². The first kappa shape index (κ1) is 9.18. The zero-order valence-corrected chi connectivity index (χ0v) is 7.10. The van der Waals surface area contributed by atoms with Crippen LogP contribution in [0.5, 0.6) is 5.75 Å². The number of hydrazone groups is 1. The van der Waals surface area contributed by atoms with E-state index in [0.29, 0.717) is 0 Å². The molecule has 0 spiro atoms. The highest BCUT2D eigenvalue weighted by Gasteiger charge is 1.90. The van der Waals surface area contributed by atoms with Crippen molar-refractivity contribution in [3.63, 3.8) is 0 Å². The van der Waals surface area contributed by atoms with E-state index >= 15 is 0 Å². The molecule has 5 nitrogen and oxygen atoms in total. The fraction of sp³-hybridized carbons (Fsp3) is 0.125. The van der Waals surface area contributed by atoms with Crippen LogP contribution in [0.1, 0.15) is 0 Å². The van der Waals surface area contributed by atoms with Crippen molar-refractivity contribution in [1.82, 2.24) is 0 Å². The van der Waals surface area contributed by atoms with Crippen LogP contribution in [-0.4, -0.2) is 13.4 Å². The number of nitroso groups, excluding NO2 is 1. The lowest BCUT2D eigenvalue weighted by Gasteiger charge is -2.01. The van der Waals surface area contributed by atoms with Crippen LogP contribution in [0.2, 0.25) is 0 Å². The first-order valence-electron chi connectivity index (χ1n) is 3.61. The van der Waals surface area contributed by atoms with E-state index in [1.54, 1.807) is 31.4 Å². The first-order chi connectivity index (χ1) is 6.36. The zero-order valence-electron chi connectivity index (χ0n) is 7.10. The smallest absolute Gasteiger partial charge is 0.180 e. The molecule has 1 aromatic rings. The summed E-state index contributed by atoms with van der Waals surface area (Å²) in [7, 11) is 1.59. The van der Waals surface area contributed by atoms with Crippen molar-refractivity contribution in [3.8, 4) is 5.75 Å². The predicted molar refractivity (Wildman–Crippen MR) is 50.9 cm³/mol. The summed E-state index contributed by atoms with van der Waals surface area (Å²) >= 11 is 0. The molecule has 0 aliphatic heterocycles. The molecule has 13 heavy (non-hydrogen) atoms. The van der Waals surface area contributed by atoms with Crippen molar-refractivity contribution in [2.45, 2.75) is 0 Å². The van der Waals surface area contributed by atoms with E-state index in [0.717, 1.165) is 17.8 Å². The minimum Gasteiger partial charge on any atom is -0.497 e. The molecule has 0 amide bonds. The van der Waals surface area contributed by atoms with Gasteiger partial charge in [0.25, 0.3) is 0 Å². The third-order valence-corrected chi connectivity index (χ3v) is 1.39. The van der Waals surface area contributed by atoms with E-state index in [1.165, 1.54) is 0 Å². The number of methoxy groups -OCH3 is 1. The molecule has 0 aliphatic carbocycles. The highest BCUT2D eigenvalue weighted by atomic mass is 16.5. The van der Waals surface area contributed by atoms with Gasteiger partial charge in [0.05, 0.1) is 12.8 Å². The minimum atomic E-state index is 0.765. The van der Waals surface area contributed by atoms with E-state index in [-0.39, 0.29) is 0 Å². The van der Waals surface area contributed by atoms with Crippen molar-refractivity contribution in [2.24, 2.45) is 10.3 Å². The second kappa shape index (κ2) is 4.87. The van der Waals surface area contributed by atoms with Crippen molar-refractivity contribution in [1.29, 1.82) is 0 Å². The maximum Gasteiger partial charge on any atom is 0.180 e. The number of hydrogen-bond donors (Lipinski definition) is 1. The number of rotatable bonds is 4. The lowest BCUT2D eigenvalue weighted by atomic mass is 10.3. The predicted octanol–water partition coefficient (Wildman–Crippen LogP) is 1.82. The van der Waals surface area contributed by atoms with Crippen LogP contribution in [0.25, 0.3) is 0 Å². The lowest BCUT2D eigenvalue weighted by Crippen LogP contribution is -1.88. The van der Waals surface area contributed by atoms with Gasteiger partial charge in [-0.05, 0) is 29.4 Å². The Morgan fingerprint density at radius 2 is 2.08 bits per heavy atom. The summed E-state index contributed by atoms with van der Waals surface area (Å²) in [6.45, 7) is 0. The van der Waals surface area contributed by atoms with Gasteiger partial charge in [-0.3, -0.25) is 5.43 Å². The van der Waals surface area contributed by atoms with Gasteiger partial charge >= 0.3 is 0 Å². The molecule has 1 N–H and O–H groups in total. The molecule has 0 fully saturated rings. The number of benzene rings is 1. The first-order valence-corrected chi connectivity index (χ1v) is 3.61. The third-order valence-electron chi connectivity index (χ3n) is 1.39. The second-order valence-electron chi connectivity index (χ2n) is 2.19. The highest BCUT2D eigenvalue weighted by molar-refractivity contribution is 5.57. The Hall–Kier alpha value is -1.91. The van der Waals surface area contributed by atoms with Gasteiger partial charge in [0.2, 0.25) is 0 Å². The summed E-state index contributed by atoms with van der Waals surface area (Å²) < 4.78 is 4.96. The summed E-state index contributed by atoms with van der Waals surface area (Å²) in [5.74, 6) is 0.767. The van der Waals surface area contributed by atoms with Gasteiger partial charge in [0.1, 0.15) is 5.75 Å². The minimum absolute atomic E-state index is 0.765. The van der Waals surface area contributed by atoms with Gasteiger partial charge in [-0.15, -0.1) is 4.91 Å². The highest BCUT2D eigenvalue weighted by Crippen LogP contribution is 2.14. The maximum atomic E-state index is 9.64. The van der Waals surface area contributed by atoms with Crippen LogP contribution in [0, 0.1) is 4.91 Å². The Balaban J connectivity index is 2.58. The average Bonchev–Trinajstić information content (AvgIpc) is 2.19. The van der Waals surface area contributed by atoms with Crippen LogP contribution < -0.4 is 10.2 Å². The molecule has 0 unspecified atom stereocenters. The van der Waals surface area contributed by atoms with Gasteiger partial charge in [0.15, 0.2) is 6.34 Å². The molecular weight excluding hydrogens is 170 g/mol. The fourth-order valence-corrected chi connectivity index (χ4v) is 0.793. The molecule has 68 valence electrons. The Labute approximate surface area is 75.4 Å². The molecule has 5 heteroatoms. The van der Waals surface area contributed by atoms with Crippen LogP contribution in [0.15, 0.2) is 34.5 Å². The number of nitrogens with one attached hydrogen (secondary N) is 1. The largest absolute Gasteiger partial charge is 0.497 e. The van der Waals surface area contributed by atoms with Crippen LogP contribution in [0.3, 0.4) is 0 Å². The van der Waals surface area contributed by atoms with Crippen LogP contribution >= 0.6 is 0 Å². The molecule has 0 radical (unpaired) electrons. The summed E-state index contributed by atoms with van der Waals surface area (Å²) in [5.41, 5.74) is 3.38.